The number of benzene rings is 2. The highest BCUT2D eigenvalue weighted by Gasteiger charge is 2.34. The number of methoxy groups -OCH3 is 2. The molecule has 1 aromatic heterocycles. The van der Waals surface area contributed by atoms with E-state index in [1.54, 1.807) is 38.5 Å². The van der Waals surface area contributed by atoms with Crippen LogP contribution in [-0.4, -0.2) is 59.2 Å². The second kappa shape index (κ2) is 9.30. The number of imidazole rings is 1. The molecule has 2 N–H and O–H groups in total. The van der Waals surface area contributed by atoms with Crippen LogP contribution in [0.25, 0.3) is 11.0 Å². The van der Waals surface area contributed by atoms with Crippen molar-refractivity contribution in [3.05, 3.63) is 53.9 Å². The number of para-hydroxylation sites is 1. The van der Waals surface area contributed by atoms with Crippen molar-refractivity contribution in [3.63, 3.8) is 0 Å². The highest BCUT2D eigenvalue weighted by molar-refractivity contribution is 5.94. The van der Waals surface area contributed by atoms with E-state index < -0.39 is 5.97 Å². The van der Waals surface area contributed by atoms with Crippen LogP contribution in [-0.2, 0) is 11.2 Å². The number of hydrogen-bond donors (Lipinski definition) is 2. The van der Waals surface area contributed by atoms with E-state index in [1.165, 1.54) is 0 Å². The number of rotatable bonds is 7. The molecule has 2 heterocycles. The van der Waals surface area contributed by atoms with Crippen molar-refractivity contribution in [2.24, 2.45) is 11.8 Å². The Hall–Kier alpha value is -3.55. The van der Waals surface area contributed by atoms with Gasteiger partial charge in [0.25, 0.3) is 5.91 Å². The van der Waals surface area contributed by atoms with Crippen LogP contribution in [0.1, 0.15) is 29.0 Å². The van der Waals surface area contributed by atoms with Crippen LogP contribution in [0, 0.1) is 11.8 Å². The summed E-state index contributed by atoms with van der Waals surface area (Å²) in [4.78, 5) is 34.4. The molecule has 2 atom stereocenters. The average Bonchev–Trinajstić information content (AvgIpc) is 3.22. The van der Waals surface area contributed by atoms with E-state index in [-0.39, 0.29) is 24.2 Å². The SMILES string of the molecule is COc1ccc(C(=O)N2CCC(CC(=O)O)C(Cc3nc4c(OC)cccc4[nH]3)C2)cc1. The van der Waals surface area contributed by atoms with E-state index in [0.717, 1.165) is 16.9 Å². The lowest BCUT2D eigenvalue weighted by Gasteiger charge is -2.38. The van der Waals surface area contributed by atoms with Crippen molar-refractivity contribution in [2.75, 3.05) is 27.3 Å². The number of piperidine rings is 1. The van der Waals surface area contributed by atoms with Gasteiger partial charge < -0.3 is 24.5 Å². The molecule has 0 bridgehead atoms. The molecule has 4 rings (SSSR count). The molecule has 0 aliphatic carbocycles. The largest absolute Gasteiger partial charge is 0.497 e. The summed E-state index contributed by atoms with van der Waals surface area (Å²) in [5.74, 6) is 1.23. The minimum atomic E-state index is -0.818. The smallest absolute Gasteiger partial charge is 0.303 e. The van der Waals surface area contributed by atoms with Gasteiger partial charge in [0.1, 0.15) is 22.8 Å². The number of carboxylic acid groups (broad SMARTS) is 1. The van der Waals surface area contributed by atoms with Gasteiger partial charge in [-0.05, 0) is 54.7 Å². The van der Waals surface area contributed by atoms with Crippen molar-refractivity contribution < 1.29 is 24.2 Å². The minimum absolute atomic E-state index is 0.0198. The molecular formula is C24H27N3O5. The van der Waals surface area contributed by atoms with Crippen LogP contribution >= 0.6 is 0 Å². The summed E-state index contributed by atoms with van der Waals surface area (Å²) in [5.41, 5.74) is 2.22. The number of fused-ring (bicyclic) bond motifs is 1. The van der Waals surface area contributed by atoms with Crippen LogP contribution < -0.4 is 9.47 Å². The van der Waals surface area contributed by atoms with Crippen LogP contribution in [0.15, 0.2) is 42.5 Å². The number of likely N-dealkylation sites (tertiary alicyclic amines) is 1. The van der Waals surface area contributed by atoms with Gasteiger partial charge in [-0.3, -0.25) is 9.59 Å². The topological polar surface area (TPSA) is 105 Å². The normalized spacial score (nSPS) is 18.5. The van der Waals surface area contributed by atoms with E-state index in [0.29, 0.717) is 43.0 Å². The molecule has 2 aromatic carbocycles. The number of aliphatic carboxylic acids is 1. The highest BCUT2D eigenvalue weighted by atomic mass is 16.5. The number of ether oxygens (including phenoxy) is 2. The zero-order chi connectivity index (χ0) is 22.7. The second-order valence-corrected chi connectivity index (χ2v) is 8.13. The van der Waals surface area contributed by atoms with Gasteiger partial charge in [-0.1, -0.05) is 6.07 Å². The van der Waals surface area contributed by atoms with Crippen LogP contribution in [0.5, 0.6) is 11.5 Å². The maximum absolute atomic E-state index is 13.1. The van der Waals surface area contributed by atoms with Gasteiger partial charge in [0.2, 0.25) is 0 Å². The number of nitrogens with zero attached hydrogens (tertiary/aromatic N) is 2. The van der Waals surface area contributed by atoms with Gasteiger partial charge in [-0.25, -0.2) is 4.98 Å². The van der Waals surface area contributed by atoms with Crippen LogP contribution in [0.2, 0.25) is 0 Å². The summed E-state index contributed by atoms with van der Waals surface area (Å²) in [5, 5.41) is 9.40. The Morgan fingerprint density at radius 2 is 1.91 bits per heavy atom. The molecule has 1 aliphatic heterocycles. The maximum atomic E-state index is 13.1. The first-order chi connectivity index (χ1) is 15.5. The van der Waals surface area contributed by atoms with E-state index in [9.17, 15) is 14.7 Å². The summed E-state index contributed by atoms with van der Waals surface area (Å²) >= 11 is 0. The molecule has 0 spiro atoms. The number of nitrogens with one attached hydrogen (secondary N) is 1. The van der Waals surface area contributed by atoms with Gasteiger partial charge in [-0.2, -0.15) is 0 Å². The van der Waals surface area contributed by atoms with Crippen LogP contribution in [0.3, 0.4) is 0 Å². The Morgan fingerprint density at radius 1 is 1.12 bits per heavy atom. The second-order valence-electron chi connectivity index (χ2n) is 8.13. The molecule has 0 radical (unpaired) electrons. The van der Waals surface area contributed by atoms with Gasteiger partial charge >= 0.3 is 5.97 Å². The standard InChI is InChI=1S/C24H27N3O5/c1-31-18-8-6-15(7-9-18)24(30)27-11-10-16(13-22(28)29)17(14-27)12-21-25-19-4-3-5-20(32-2)23(19)26-21/h3-9,16-17H,10-14H2,1-2H3,(H,25,26)(H,28,29). The first kappa shape index (κ1) is 21.7. The summed E-state index contributed by atoms with van der Waals surface area (Å²) in [6.07, 6.45) is 1.28. The number of carbonyl (C=O) groups is 2. The molecule has 1 fully saturated rings. The molecular weight excluding hydrogens is 410 g/mol. The molecule has 32 heavy (non-hydrogen) atoms. The van der Waals surface area contributed by atoms with E-state index in [1.807, 2.05) is 23.1 Å². The molecule has 1 amide bonds. The fraction of sp³-hybridized carbons (Fsp3) is 0.375. The van der Waals surface area contributed by atoms with E-state index >= 15 is 0 Å². The Balaban J connectivity index is 1.55. The maximum Gasteiger partial charge on any atom is 0.303 e. The Bertz CT molecular complexity index is 1110. The number of carboxylic acids is 1. The van der Waals surface area contributed by atoms with Crippen molar-refractivity contribution in [1.82, 2.24) is 14.9 Å². The molecule has 0 saturated carbocycles. The Kier molecular flexibility index (Phi) is 6.30. The lowest BCUT2D eigenvalue weighted by Crippen LogP contribution is -2.45. The van der Waals surface area contributed by atoms with Crippen molar-refractivity contribution >= 4 is 22.9 Å². The molecule has 168 valence electrons. The van der Waals surface area contributed by atoms with Crippen molar-refractivity contribution in [3.8, 4) is 11.5 Å². The van der Waals surface area contributed by atoms with Crippen molar-refractivity contribution in [2.45, 2.75) is 19.3 Å². The fourth-order valence-electron chi connectivity index (χ4n) is 4.47. The molecule has 3 aromatic rings. The van der Waals surface area contributed by atoms with Gasteiger partial charge in [0.05, 0.1) is 19.7 Å². The monoisotopic (exact) mass is 437 g/mol. The predicted molar refractivity (Wildman–Crippen MR) is 119 cm³/mol. The van der Waals surface area contributed by atoms with Gasteiger partial charge in [0.15, 0.2) is 0 Å². The van der Waals surface area contributed by atoms with E-state index in [2.05, 4.69) is 4.98 Å². The Morgan fingerprint density at radius 3 is 2.59 bits per heavy atom. The molecule has 1 aliphatic rings. The zero-order valence-corrected chi connectivity index (χ0v) is 18.2. The third-order valence-electron chi connectivity index (χ3n) is 6.15. The number of carbonyl (C=O) groups excluding carboxylic acids is 1. The number of aromatic amines is 1. The Labute approximate surface area is 186 Å². The third-order valence-corrected chi connectivity index (χ3v) is 6.15. The molecule has 8 nitrogen and oxygen atoms in total. The molecule has 8 heteroatoms. The average molecular weight is 437 g/mol. The first-order valence-electron chi connectivity index (χ1n) is 10.6. The number of aromatic nitrogens is 2. The lowest BCUT2D eigenvalue weighted by molar-refractivity contribution is -0.139. The first-order valence-corrected chi connectivity index (χ1v) is 10.6. The molecule has 2 unspecified atom stereocenters. The number of hydrogen-bond acceptors (Lipinski definition) is 5. The summed E-state index contributed by atoms with van der Waals surface area (Å²) < 4.78 is 10.6. The summed E-state index contributed by atoms with van der Waals surface area (Å²) in [6.45, 7) is 1.02. The summed E-state index contributed by atoms with van der Waals surface area (Å²) in [6, 6.07) is 12.7. The van der Waals surface area contributed by atoms with Crippen molar-refractivity contribution in [1.29, 1.82) is 0 Å². The fourth-order valence-corrected chi connectivity index (χ4v) is 4.47. The summed E-state index contributed by atoms with van der Waals surface area (Å²) in [7, 11) is 3.19. The number of amides is 1. The lowest BCUT2D eigenvalue weighted by atomic mass is 9.81. The van der Waals surface area contributed by atoms with Gasteiger partial charge in [-0.15, -0.1) is 0 Å². The van der Waals surface area contributed by atoms with Gasteiger partial charge in [0, 0.05) is 31.5 Å². The quantitative estimate of drug-likeness (QED) is 0.587. The zero-order valence-electron chi connectivity index (χ0n) is 18.2. The number of H-pyrrole nitrogens is 1. The highest BCUT2D eigenvalue weighted by Crippen LogP contribution is 2.31. The minimum Gasteiger partial charge on any atom is -0.497 e. The predicted octanol–water partition coefficient (Wildman–Crippen LogP) is 3.38. The van der Waals surface area contributed by atoms with Crippen LogP contribution in [0.4, 0.5) is 0 Å². The van der Waals surface area contributed by atoms with E-state index in [4.69, 9.17) is 14.5 Å². The molecule has 1 saturated heterocycles. The third kappa shape index (κ3) is 4.54.